The molecule has 0 aliphatic carbocycles. The Bertz CT molecular complexity index is 1000. The molecule has 5 nitrogen and oxygen atoms in total. The van der Waals surface area contributed by atoms with Crippen molar-refractivity contribution in [2.24, 2.45) is 7.05 Å². The largest absolute Gasteiger partial charge is 0.349 e. The van der Waals surface area contributed by atoms with E-state index < -0.39 is 0 Å². The summed E-state index contributed by atoms with van der Waals surface area (Å²) in [5.74, 6) is -0.371. The summed E-state index contributed by atoms with van der Waals surface area (Å²) in [7, 11) is 1.64. The van der Waals surface area contributed by atoms with Crippen LogP contribution >= 0.6 is 11.8 Å². The second-order valence-corrected chi connectivity index (χ2v) is 6.85. The summed E-state index contributed by atoms with van der Waals surface area (Å²) in [5.41, 5.74) is 1.29. The highest BCUT2D eigenvalue weighted by Crippen LogP contribution is 2.18. The molecule has 2 aromatic carbocycles. The van der Waals surface area contributed by atoms with Gasteiger partial charge in [-0.15, -0.1) is 0 Å². The first-order valence-electron chi connectivity index (χ1n) is 8.09. The number of amides is 1. The lowest BCUT2D eigenvalue weighted by Crippen LogP contribution is -2.28. The fourth-order valence-corrected chi connectivity index (χ4v) is 3.36. The number of halogens is 1. The SMILES string of the molecule is C[C@@H](NC(=O)CSc1nc2ccccc2c(=O)n1C)c1ccc(F)cc1. The molecular formula is C19H18FN3O2S. The van der Waals surface area contributed by atoms with Gasteiger partial charge in [0.2, 0.25) is 5.91 Å². The Balaban J connectivity index is 1.68. The van der Waals surface area contributed by atoms with E-state index in [-0.39, 0.29) is 29.1 Å². The molecule has 134 valence electrons. The van der Waals surface area contributed by atoms with Crippen LogP contribution in [0.25, 0.3) is 10.9 Å². The third-order valence-corrected chi connectivity index (χ3v) is 5.05. The molecule has 3 aromatic rings. The minimum atomic E-state index is -0.314. The van der Waals surface area contributed by atoms with Crippen LogP contribution in [0.15, 0.2) is 58.5 Å². The van der Waals surface area contributed by atoms with E-state index in [2.05, 4.69) is 10.3 Å². The molecule has 26 heavy (non-hydrogen) atoms. The van der Waals surface area contributed by atoms with Crippen molar-refractivity contribution in [1.82, 2.24) is 14.9 Å². The third kappa shape index (κ3) is 3.94. The van der Waals surface area contributed by atoms with Gasteiger partial charge >= 0.3 is 0 Å². The maximum Gasteiger partial charge on any atom is 0.261 e. The minimum Gasteiger partial charge on any atom is -0.349 e. The van der Waals surface area contributed by atoms with Gasteiger partial charge in [0.25, 0.3) is 5.56 Å². The number of nitrogens with zero attached hydrogens (tertiary/aromatic N) is 2. The number of benzene rings is 2. The summed E-state index contributed by atoms with van der Waals surface area (Å²) in [6.45, 7) is 1.83. The number of carbonyl (C=O) groups is 1. The van der Waals surface area contributed by atoms with Crippen molar-refractivity contribution in [2.75, 3.05) is 5.75 Å². The molecule has 0 saturated carbocycles. The van der Waals surface area contributed by atoms with Crippen molar-refractivity contribution in [3.8, 4) is 0 Å². The van der Waals surface area contributed by atoms with Gasteiger partial charge in [0.1, 0.15) is 5.82 Å². The van der Waals surface area contributed by atoms with Gasteiger partial charge in [-0.2, -0.15) is 0 Å². The van der Waals surface area contributed by atoms with Crippen LogP contribution in [-0.4, -0.2) is 21.2 Å². The predicted octanol–water partition coefficient (Wildman–Crippen LogP) is 3.04. The number of nitrogens with one attached hydrogen (secondary N) is 1. The molecule has 1 amide bonds. The van der Waals surface area contributed by atoms with E-state index in [0.717, 1.165) is 5.56 Å². The fourth-order valence-electron chi connectivity index (χ4n) is 2.57. The number of aromatic nitrogens is 2. The zero-order valence-corrected chi connectivity index (χ0v) is 15.2. The molecule has 1 N–H and O–H groups in total. The number of para-hydroxylation sites is 1. The van der Waals surface area contributed by atoms with E-state index in [1.807, 2.05) is 13.0 Å². The van der Waals surface area contributed by atoms with Gasteiger partial charge in [-0.1, -0.05) is 36.0 Å². The molecule has 0 bridgehead atoms. The summed E-state index contributed by atoms with van der Waals surface area (Å²) >= 11 is 1.20. The maximum atomic E-state index is 13.0. The molecule has 0 saturated heterocycles. The van der Waals surface area contributed by atoms with Crippen LogP contribution in [0.1, 0.15) is 18.5 Å². The van der Waals surface area contributed by atoms with Crippen LogP contribution in [0.2, 0.25) is 0 Å². The van der Waals surface area contributed by atoms with Gasteiger partial charge in [-0.25, -0.2) is 9.37 Å². The molecule has 0 radical (unpaired) electrons. The summed E-state index contributed by atoms with van der Waals surface area (Å²) < 4.78 is 14.4. The molecule has 0 fully saturated rings. The Hall–Kier alpha value is -2.67. The standard InChI is InChI=1S/C19H18FN3O2S/c1-12(13-7-9-14(20)10-8-13)21-17(24)11-26-19-22-16-6-4-3-5-15(16)18(25)23(19)2/h3-10,12H,11H2,1-2H3,(H,21,24)/t12-/m1/s1. The highest BCUT2D eigenvalue weighted by Gasteiger charge is 2.13. The molecule has 1 aromatic heterocycles. The number of carbonyl (C=O) groups excluding carboxylic acids is 1. The molecule has 1 atom stereocenters. The van der Waals surface area contributed by atoms with Crippen molar-refractivity contribution >= 4 is 28.6 Å². The topological polar surface area (TPSA) is 64.0 Å². The fraction of sp³-hybridized carbons (Fsp3) is 0.211. The summed E-state index contributed by atoms with van der Waals surface area (Å²) in [5, 5.41) is 3.89. The highest BCUT2D eigenvalue weighted by molar-refractivity contribution is 7.99. The molecule has 1 heterocycles. The Kier molecular flexibility index (Phi) is 5.37. The van der Waals surface area contributed by atoms with E-state index in [4.69, 9.17) is 0 Å². The molecular weight excluding hydrogens is 353 g/mol. The normalized spacial score (nSPS) is 12.1. The maximum absolute atomic E-state index is 13.0. The third-order valence-electron chi connectivity index (χ3n) is 4.02. The number of hydrogen-bond donors (Lipinski definition) is 1. The highest BCUT2D eigenvalue weighted by atomic mass is 32.2. The first-order valence-corrected chi connectivity index (χ1v) is 9.07. The monoisotopic (exact) mass is 371 g/mol. The Morgan fingerprint density at radius 1 is 1.23 bits per heavy atom. The number of thioether (sulfide) groups is 1. The van der Waals surface area contributed by atoms with Gasteiger partial charge in [0.05, 0.1) is 22.7 Å². The first-order chi connectivity index (χ1) is 12.5. The summed E-state index contributed by atoms with van der Waals surface area (Å²) in [6, 6.07) is 12.9. The van der Waals surface area contributed by atoms with E-state index in [0.29, 0.717) is 16.1 Å². The van der Waals surface area contributed by atoms with Crippen LogP contribution in [0, 0.1) is 5.82 Å². The Morgan fingerprint density at radius 2 is 1.92 bits per heavy atom. The second-order valence-electron chi connectivity index (χ2n) is 5.91. The number of rotatable bonds is 5. The lowest BCUT2D eigenvalue weighted by molar-refractivity contribution is -0.119. The van der Waals surface area contributed by atoms with Crippen molar-refractivity contribution in [3.63, 3.8) is 0 Å². The molecule has 0 aliphatic heterocycles. The van der Waals surface area contributed by atoms with Gasteiger partial charge in [0.15, 0.2) is 5.16 Å². The Labute approximate surface area is 154 Å². The summed E-state index contributed by atoms with van der Waals surface area (Å²) in [6.07, 6.45) is 0. The lowest BCUT2D eigenvalue weighted by atomic mass is 10.1. The average Bonchev–Trinajstić information content (AvgIpc) is 2.64. The summed E-state index contributed by atoms with van der Waals surface area (Å²) in [4.78, 5) is 29.0. The van der Waals surface area contributed by atoms with Crippen molar-refractivity contribution < 1.29 is 9.18 Å². The molecule has 7 heteroatoms. The van der Waals surface area contributed by atoms with Crippen LogP contribution in [-0.2, 0) is 11.8 Å². The zero-order chi connectivity index (χ0) is 18.7. The smallest absolute Gasteiger partial charge is 0.261 e. The minimum absolute atomic E-state index is 0.129. The van der Waals surface area contributed by atoms with Gasteiger partial charge in [-0.05, 0) is 36.8 Å². The average molecular weight is 371 g/mol. The van der Waals surface area contributed by atoms with Crippen molar-refractivity contribution in [3.05, 3.63) is 70.3 Å². The van der Waals surface area contributed by atoms with Crippen LogP contribution in [0.5, 0.6) is 0 Å². The van der Waals surface area contributed by atoms with E-state index in [9.17, 15) is 14.0 Å². The molecule has 0 unspecified atom stereocenters. The van der Waals surface area contributed by atoms with Gasteiger partial charge in [-0.3, -0.25) is 14.2 Å². The van der Waals surface area contributed by atoms with Crippen molar-refractivity contribution in [1.29, 1.82) is 0 Å². The quantitative estimate of drug-likeness (QED) is 0.553. The second kappa shape index (κ2) is 7.70. The zero-order valence-electron chi connectivity index (χ0n) is 14.4. The molecule has 0 aliphatic rings. The van der Waals surface area contributed by atoms with Crippen LogP contribution < -0.4 is 10.9 Å². The number of fused-ring (bicyclic) bond motifs is 1. The first kappa shape index (κ1) is 18.1. The predicted molar refractivity (Wildman–Crippen MR) is 101 cm³/mol. The van der Waals surface area contributed by atoms with E-state index >= 15 is 0 Å². The molecule has 0 spiro atoms. The number of hydrogen-bond acceptors (Lipinski definition) is 4. The van der Waals surface area contributed by atoms with Gasteiger partial charge in [0, 0.05) is 7.05 Å². The lowest BCUT2D eigenvalue weighted by Gasteiger charge is -2.14. The van der Waals surface area contributed by atoms with Crippen LogP contribution in [0.3, 0.4) is 0 Å². The van der Waals surface area contributed by atoms with E-state index in [1.165, 1.54) is 28.5 Å². The van der Waals surface area contributed by atoms with Crippen molar-refractivity contribution in [2.45, 2.75) is 18.1 Å². The van der Waals surface area contributed by atoms with Gasteiger partial charge < -0.3 is 5.32 Å². The molecule has 3 rings (SSSR count). The Morgan fingerprint density at radius 3 is 2.65 bits per heavy atom. The van der Waals surface area contributed by atoms with Crippen LogP contribution in [0.4, 0.5) is 4.39 Å². The van der Waals surface area contributed by atoms with E-state index in [1.54, 1.807) is 37.4 Å².